The molecule has 1 unspecified atom stereocenters. The Labute approximate surface area is 120 Å². The van der Waals surface area contributed by atoms with E-state index in [0.29, 0.717) is 12.8 Å². The molecule has 0 heterocycles. The van der Waals surface area contributed by atoms with Gasteiger partial charge in [0.1, 0.15) is 5.54 Å². The topological polar surface area (TPSA) is 116 Å². The lowest BCUT2D eigenvalue weighted by Crippen LogP contribution is -2.44. The van der Waals surface area contributed by atoms with E-state index in [2.05, 4.69) is 0 Å². The average molecular weight is 300 g/mol. The van der Waals surface area contributed by atoms with Crippen molar-refractivity contribution in [2.45, 2.75) is 31.7 Å². The molecule has 1 rings (SSSR count). The van der Waals surface area contributed by atoms with Crippen molar-refractivity contribution in [3.05, 3.63) is 34.1 Å². The van der Waals surface area contributed by atoms with Crippen molar-refractivity contribution in [3.63, 3.8) is 0 Å². The monoisotopic (exact) mass is 300 g/mol. The molecule has 0 aliphatic rings. The van der Waals surface area contributed by atoms with Gasteiger partial charge in [-0.2, -0.15) is 0 Å². The SMILES string of the molecule is CC(N)(CCCCOc1ccc([N+](=O)[O-])cc1F)C(=O)O. The Morgan fingerprint density at radius 2 is 2.19 bits per heavy atom. The number of ether oxygens (including phenoxy) is 1. The number of carbonyl (C=O) groups is 1. The first-order valence-corrected chi connectivity index (χ1v) is 6.33. The number of hydrogen-bond acceptors (Lipinski definition) is 5. The van der Waals surface area contributed by atoms with Gasteiger partial charge in [-0.15, -0.1) is 0 Å². The number of carboxylic acid groups (broad SMARTS) is 1. The molecule has 0 aromatic heterocycles. The van der Waals surface area contributed by atoms with Crippen LogP contribution in [0.1, 0.15) is 26.2 Å². The minimum absolute atomic E-state index is 0.0747. The van der Waals surface area contributed by atoms with E-state index < -0.39 is 22.2 Å². The molecule has 0 aliphatic carbocycles. The highest BCUT2D eigenvalue weighted by Crippen LogP contribution is 2.22. The first-order valence-electron chi connectivity index (χ1n) is 6.33. The van der Waals surface area contributed by atoms with Gasteiger partial charge < -0.3 is 15.6 Å². The van der Waals surface area contributed by atoms with Gasteiger partial charge in [0.15, 0.2) is 11.6 Å². The number of halogens is 1. The summed E-state index contributed by atoms with van der Waals surface area (Å²) in [5.41, 5.74) is 3.92. The van der Waals surface area contributed by atoms with E-state index in [1.165, 1.54) is 13.0 Å². The van der Waals surface area contributed by atoms with Gasteiger partial charge >= 0.3 is 5.97 Å². The second-order valence-electron chi connectivity index (χ2n) is 4.90. The number of unbranched alkanes of at least 4 members (excludes halogenated alkanes) is 1. The number of nitro groups is 1. The van der Waals surface area contributed by atoms with Gasteiger partial charge in [-0.25, -0.2) is 4.39 Å². The maximum absolute atomic E-state index is 13.5. The van der Waals surface area contributed by atoms with Crippen LogP contribution in [0.15, 0.2) is 18.2 Å². The second kappa shape index (κ2) is 6.98. The predicted molar refractivity (Wildman–Crippen MR) is 72.6 cm³/mol. The van der Waals surface area contributed by atoms with Crippen LogP contribution in [0.5, 0.6) is 5.75 Å². The molecule has 0 saturated heterocycles. The fraction of sp³-hybridized carbons (Fsp3) is 0.462. The number of aliphatic carboxylic acids is 1. The fourth-order valence-corrected chi connectivity index (χ4v) is 1.60. The van der Waals surface area contributed by atoms with Crippen molar-refractivity contribution < 1.29 is 24.0 Å². The van der Waals surface area contributed by atoms with Crippen LogP contribution in [0.25, 0.3) is 0 Å². The third-order valence-electron chi connectivity index (χ3n) is 2.96. The molecule has 0 saturated carbocycles. The van der Waals surface area contributed by atoms with E-state index >= 15 is 0 Å². The molecule has 0 amide bonds. The summed E-state index contributed by atoms with van der Waals surface area (Å²) in [7, 11) is 0. The summed E-state index contributed by atoms with van der Waals surface area (Å²) < 4.78 is 18.6. The summed E-state index contributed by atoms with van der Waals surface area (Å²) in [6, 6.07) is 3.13. The predicted octanol–water partition coefficient (Wildman–Crippen LogP) is 2.08. The molecular weight excluding hydrogens is 283 g/mol. The second-order valence-corrected chi connectivity index (χ2v) is 4.90. The van der Waals surface area contributed by atoms with Gasteiger partial charge in [-0.05, 0) is 32.3 Å². The Morgan fingerprint density at radius 1 is 1.52 bits per heavy atom. The van der Waals surface area contributed by atoms with E-state index in [1.807, 2.05) is 0 Å². The van der Waals surface area contributed by atoms with Crippen LogP contribution in [0, 0.1) is 15.9 Å². The van der Waals surface area contributed by atoms with Crippen LogP contribution in [-0.4, -0.2) is 28.1 Å². The summed E-state index contributed by atoms with van der Waals surface area (Å²) in [6.45, 7) is 1.59. The minimum atomic E-state index is -1.29. The van der Waals surface area contributed by atoms with Crippen LogP contribution in [0.3, 0.4) is 0 Å². The van der Waals surface area contributed by atoms with E-state index in [-0.39, 0.29) is 24.5 Å². The molecule has 0 aliphatic heterocycles. The summed E-state index contributed by atoms with van der Waals surface area (Å²) in [5.74, 6) is -1.96. The van der Waals surface area contributed by atoms with Gasteiger partial charge in [0.25, 0.3) is 5.69 Å². The number of nitro benzene ring substituents is 1. The summed E-state index contributed by atoms with van der Waals surface area (Å²) in [6.07, 6.45) is 1.28. The first kappa shape index (κ1) is 16.8. The molecule has 21 heavy (non-hydrogen) atoms. The Kier molecular flexibility index (Phi) is 5.60. The fourth-order valence-electron chi connectivity index (χ4n) is 1.60. The highest BCUT2D eigenvalue weighted by Gasteiger charge is 2.26. The van der Waals surface area contributed by atoms with Crippen molar-refractivity contribution in [2.24, 2.45) is 5.73 Å². The highest BCUT2D eigenvalue weighted by atomic mass is 19.1. The quantitative estimate of drug-likeness (QED) is 0.431. The zero-order valence-corrected chi connectivity index (χ0v) is 11.5. The van der Waals surface area contributed by atoms with Crippen molar-refractivity contribution in [1.29, 1.82) is 0 Å². The lowest BCUT2D eigenvalue weighted by Gasteiger charge is -2.18. The molecule has 0 bridgehead atoms. The molecule has 116 valence electrons. The first-order chi connectivity index (χ1) is 9.74. The molecule has 3 N–H and O–H groups in total. The zero-order valence-electron chi connectivity index (χ0n) is 11.5. The highest BCUT2D eigenvalue weighted by molar-refractivity contribution is 5.77. The molecule has 0 radical (unpaired) electrons. The summed E-state index contributed by atoms with van der Waals surface area (Å²) in [4.78, 5) is 20.5. The maximum Gasteiger partial charge on any atom is 0.323 e. The maximum atomic E-state index is 13.5. The van der Waals surface area contributed by atoms with Crippen LogP contribution in [0.4, 0.5) is 10.1 Å². The van der Waals surface area contributed by atoms with Crippen LogP contribution in [0.2, 0.25) is 0 Å². The Balaban J connectivity index is 2.40. The normalized spacial score (nSPS) is 13.5. The Morgan fingerprint density at radius 3 is 2.71 bits per heavy atom. The molecular formula is C13H17FN2O5. The standard InChI is InChI=1S/C13H17FN2O5/c1-13(15,12(17)18)6-2-3-7-21-11-5-4-9(16(19)20)8-10(11)14/h4-5,8H,2-3,6-7,15H2,1H3,(H,17,18). The van der Waals surface area contributed by atoms with Crippen LogP contribution >= 0.6 is 0 Å². The number of rotatable bonds is 8. The lowest BCUT2D eigenvalue weighted by atomic mass is 9.97. The largest absolute Gasteiger partial charge is 0.491 e. The molecule has 7 nitrogen and oxygen atoms in total. The van der Waals surface area contributed by atoms with E-state index in [9.17, 15) is 19.3 Å². The molecule has 1 atom stereocenters. The third-order valence-corrected chi connectivity index (χ3v) is 2.96. The van der Waals surface area contributed by atoms with Crippen molar-refractivity contribution in [2.75, 3.05) is 6.61 Å². The minimum Gasteiger partial charge on any atom is -0.491 e. The Hall–Kier alpha value is -2.22. The van der Waals surface area contributed by atoms with E-state index in [4.69, 9.17) is 15.6 Å². The number of benzene rings is 1. The number of carboxylic acids is 1. The molecule has 1 aromatic rings. The van der Waals surface area contributed by atoms with Crippen molar-refractivity contribution in [1.82, 2.24) is 0 Å². The molecule has 0 fully saturated rings. The summed E-state index contributed by atoms with van der Waals surface area (Å²) >= 11 is 0. The molecule has 8 heteroatoms. The van der Waals surface area contributed by atoms with Gasteiger partial charge in [0.05, 0.1) is 17.6 Å². The third kappa shape index (κ3) is 4.99. The van der Waals surface area contributed by atoms with E-state index in [0.717, 1.165) is 12.1 Å². The number of nitrogens with two attached hydrogens (primary N) is 1. The Bertz CT molecular complexity index is 533. The molecule has 0 spiro atoms. The number of hydrogen-bond donors (Lipinski definition) is 2. The average Bonchev–Trinajstić information content (AvgIpc) is 2.39. The van der Waals surface area contributed by atoms with Gasteiger partial charge in [0.2, 0.25) is 0 Å². The van der Waals surface area contributed by atoms with Crippen LogP contribution in [-0.2, 0) is 4.79 Å². The number of nitrogens with zero attached hydrogens (tertiary/aromatic N) is 1. The smallest absolute Gasteiger partial charge is 0.323 e. The van der Waals surface area contributed by atoms with Crippen LogP contribution < -0.4 is 10.5 Å². The molecule has 1 aromatic carbocycles. The van der Waals surface area contributed by atoms with Crippen molar-refractivity contribution in [3.8, 4) is 5.75 Å². The van der Waals surface area contributed by atoms with E-state index in [1.54, 1.807) is 0 Å². The number of non-ortho nitro benzene ring substituents is 1. The lowest BCUT2D eigenvalue weighted by molar-refractivity contribution is -0.385. The zero-order chi connectivity index (χ0) is 16.0. The van der Waals surface area contributed by atoms with Gasteiger partial charge in [-0.3, -0.25) is 14.9 Å². The van der Waals surface area contributed by atoms with Gasteiger partial charge in [-0.1, -0.05) is 0 Å². The van der Waals surface area contributed by atoms with Crippen molar-refractivity contribution >= 4 is 11.7 Å². The van der Waals surface area contributed by atoms with Gasteiger partial charge in [0, 0.05) is 6.07 Å². The summed E-state index contributed by atoms with van der Waals surface area (Å²) in [5, 5.41) is 19.3.